The number of benzene rings is 2. The number of hydrazine groups is 1. The van der Waals surface area contributed by atoms with Crippen molar-refractivity contribution < 1.29 is 4.79 Å². The first-order valence-corrected chi connectivity index (χ1v) is 4.52. The number of carbonyl (C=O) groups excluding carboxylic acids is 1. The van der Waals surface area contributed by atoms with E-state index in [2.05, 4.69) is 5.43 Å². The maximum Gasteiger partial charge on any atom is 0.267 e. The molecule has 0 aliphatic carbocycles. The quantitative estimate of drug-likeness (QED) is 0.279. The molecule has 0 aromatic heterocycles. The molecule has 0 unspecified atom stereocenters. The van der Waals surface area contributed by atoms with Crippen LogP contribution in [0.1, 0.15) is 10.4 Å². The fourth-order valence-electron chi connectivity index (χ4n) is 1.61. The molecule has 2 rings (SSSR count). The van der Waals surface area contributed by atoms with E-state index >= 15 is 0 Å². The van der Waals surface area contributed by atoms with Gasteiger partial charge >= 0.3 is 0 Å². The number of anilines is 1. The summed E-state index contributed by atoms with van der Waals surface area (Å²) in [7, 11) is 0. The van der Waals surface area contributed by atoms with Crippen molar-refractivity contribution in [2.24, 2.45) is 5.84 Å². The first-order valence-electron chi connectivity index (χ1n) is 4.52. The minimum atomic E-state index is -0.371. The predicted molar refractivity (Wildman–Crippen MR) is 60.0 cm³/mol. The Hall–Kier alpha value is -2.07. The molecule has 4 heteroatoms. The zero-order valence-electron chi connectivity index (χ0n) is 8.03. The molecule has 0 heterocycles. The van der Waals surface area contributed by atoms with Gasteiger partial charge in [0.2, 0.25) is 0 Å². The van der Waals surface area contributed by atoms with Crippen molar-refractivity contribution in [2.75, 3.05) is 5.73 Å². The summed E-state index contributed by atoms with van der Waals surface area (Å²) in [5.41, 5.74) is 8.70. The van der Waals surface area contributed by atoms with Gasteiger partial charge in [-0.3, -0.25) is 10.2 Å². The van der Waals surface area contributed by atoms with Crippen LogP contribution in [0.3, 0.4) is 0 Å². The highest BCUT2D eigenvalue weighted by molar-refractivity contribution is 6.11. The Labute approximate surface area is 86.8 Å². The van der Waals surface area contributed by atoms with E-state index in [1.54, 1.807) is 6.07 Å². The van der Waals surface area contributed by atoms with E-state index in [-0.39, 0.29) is 5.91 Å². The average molecular weight is 201 g/mol. The van der Waals surface area contributed by atoms with E-state index in [0.29, 0.717) is 11.3 Å². The molecular formula is C11H11N3O. The Morgan fingerprint density at radius 1 is 1.13 bits per heavy atom. The molecule has 0 radical (unpaired) electrons. The summed E-state index contributed by atoms with van der Waals surface area (Å²) in [6.45, 7) is 0. The van der Waals surface area contributed by atoms with E-state index in [1.807, 2.05) is 30.3 Å². The molecule has 0 bridgehead atoms. The third-order valence-electron chi connectivity index (χ3n) is 2.32. The summed E-state index contributed by atoms with van der Waals surface area (Å²) in [4.78, 5) is 11.5. The largest absolute Gasteiger partial charge is 0.398 e. The molecule has 0 spiro atoms. The van der Waals surface area contributed by atoms with Gasteiger partial charge < -0.3 is 5.73 Å². The number of nitrogens with two attached hydrogens (primary N) is 2. The molecule has 5 N–H and O–H groups in total. The maximum atomic E-state index is 11.5. The van der Waals surface area contributed by atoms with Gasteiger partial charge in [-0.15, -0.1) is 0 Å². The van der Waals surface area contributed by atoms with Crippen LogP contribution in [0.2, 0.25) is 0 Å². The van der Waals surface area contributed by atoms with Crippen LogP contribution in [0.4, 0.5) is 5.69 Å². The number of hydrogen-bond donors (Lipinski definition) is 3. The predicted octanol–water partition coefficient (Wildman–Crippen LogP) is 1.03. The second-order valence-corrected chi connectivity index (χ2v) is 3.22. The Morgan fingerprint density at radius 3 is 2.60 bits per heavy atom. The van der Waals surface area contributed by atoms with Crippen LogP contribution in [0.5, 0.6) is 0 Å². The van der Waals surface area contributed by atoms with E-state index in [9.17, 15) is 4.79 Å². The first kappa shape index (κ1) is 9.48. The van der Waals surface area contributed by atoms with Gasteiger partial charge in [-0.05, 0) is 16.8 Å². The number of nitrogens with one attached hydrogen (secondary N) is 1. The average Bonchev–Trinajstić information content (AvgIpc) is 2.28. The van der Waals surface area contributed by atoms with Crippen LogP contribution in [-0.2, 0) is 0 Å². The van der Waals surface area contributed by atoms with Crippen molar-refractivity contribution >= 4 is 22.4 Å². The molecule has 0 aliphatic rings. The first-order chi connectivity index (χ1) is 7.24. The fraction of sp³-hybridized carbons (Fsp3) is 0. The highest BCUT2D eigenvalue weighted by Crippen LogP contribution is 2.23. The Balaban J connectivity index is 2.79. The van der Waals surface area contributed by atoms with Crippen LogP contribution >= 0.6 is 0 Å². The normalized spacial score (nSPS) is 10.2. The van der Waals surface area contributed by atoms with Gasteiger partial charge in [-0.25, -0.2) is 5.84 Å². The summed E-state index contributed by atoms with van der Waals surface area (Å²) in [6, 6.07) is 11.1. The second-order valence-electron chi connectivity index (χ2n) is 3.22. The van der Waals surface area contributed by atoms with Gasteiger partial charge in [-0.1, -0.05) is 30.3 Å². The smallest absolute Gasteiger partial charge is 0.267 e. The molecule has 1 amide bonds. The van der Waals surface area contributed by atoms with E-state index in [4.69, 9.17) is 11.6 Å². The van der Waals surface area contributed by atoms with E-state index in [0.717, 1.165) is 10.8 Å². The summed E-state index contributed by atoms with van der Waals surface area (Å²) in [5.74, 6) is 4.74. The number of carbonyl (C=O) groups is 1. The SMILES string of the molecule is NNC(=O)c1c(N)ccc2ccccc12. The molecule has 0 saturated carbocycles. The summed E-state index contributed by atoms with van der Waals surface area (Å²) < 4.78 is 0. The van der Waals surface area contributed by atoms with Crippen LogP contribution < -0.4 is 17.0 Å². The minimum absolute atomic E-state index is 0.371. The summed E-state index contributed by atoms with van der Waals surface area (Å²) >= 11 is 0. The monoisotopic (exact) mass is 201 g/mol. The van der Waals surface area contributed by atoms with Gasteiger partial charge in [0.25, 0.3) is 5.91 Å². The van der Waals surface area contributed by atoms with E-state index in [1.165, 1.54) is 0 Å². The number of nitrogen functional groups attached to an aromatic ring is 2. The lowest BCUT2D eigenvalue weighted by Gasteiger charge is -2.07. The number of amides is 1. The highest BCUT2D eigenvalue weighted by Gasteiger charge is 2.11. The van der Waals surface area contributed by atoms with Crippen LogP contribution in [0.15, 0.2) is 36.4 Å². The molecule has 0 saturated heterocycles. The van der Waals surface area contributed by atoms with Crippen molar-refractivity contribution in [3.63, 3.8) is 0 Å². The lowest BCUT2D eigenvalue weighted by Crippen LogP contribution is -2.30. The van der Waals surface area contributed by atoms with Crippen LogP contribution in [0.25, 0.3) is 10.8 Å². The van der Waals surface area contributed by atoms with Gasteiger partial charge in [0.05, 0.1) is 5.56 Å². The molecular weight excluding hydrogens is 190 g/mol. The number of rotatable bonds is 1. The zero-order valence-corrected chi connectivity index (χ0v) is 8.03. The minimum Gasteiger partial charge on any atom is -0.398 e. The Kier molecular flexibility index (Phi) is 2.27. The van der Waals surface area contributed by atoms with Gasteiger partial charge in [-0.2, -0.15) is 0 Å². The van der Waals surface area contributed by atoms with Gasteiger partial charge in [0.15, 0.2) is 0 Å². The topological polar surface area (TPSA) is 81.1 Å². The van der Waals surface area contributed by atoms with Gasteiger partial charge in [0, 0.05) is 5.69 Å². The third kappa shape index (κ3) is 1.51. The molecule has 2 aromatic carbocycles. The molecule has 15 heavy (non-hydrogen) atoms. The van der Waals surface area contributed by atoms with Crippen molar-refractivity contribution in [3.05, 3.63) is 42.0 Å². The van der Waals surface area contributed by atoms with Crippen molar-refractivity contribution in [3.8, 4) is 0 Å². The molecule has 2 aromatic rings. The molecule has 4 nitrogen and oxygen atoms in total. The van der Waals surface area contributed by atoms with Crippen LogP contribution in [-0.4, -0.2) is 5.91 Å². The van der Waals surface area contributed by atoms with Gasteiger partial charge in [0.1, 0.15) is 0 Å². The fourth-order valence-corrected chi connectivity index (χ4v) is 1.61. The number of fused-ring (bicyclic) bond motifs is 1. The van der Waals surface area contributed by atoms with Crippen molar-refractivity contribution in [1.82, 2.24) is 5.43 Å². The zero-order chi connectivity index (χ0) is 10.8. The highest BCUT2D eigenvalue weighted by atomic mass is 16.2. The number of hydrogen-bond acceptors (Lipinski definition) is 3. The molecule has 76 valence electrons. The molecule has 0 fully saturated rings. The maximum absolute atomic E-state index is 11.5. The Bertz CT molecular complexity index is 522. The van der Waals surface area contributed by atoms with Crippen molar-refractivity contribution in [1.29, 1.82) is 0 Å². The lowest BCUT2D eigenvalue weighted by atomic mass is 10.0. The molecule has 0 aliphatic heterocycles. The summed E-state index contributed by atoms with van der Waals surface area (Å²) in [5, 5.41) is 1.77. The standard InChI is InChI=1S/C11H11N3O/c12-9-6-5-7-3-1-2-4-8(7)10(9)11(15)14-13/h1-6H,12-13H2,(H,14,15). The van der Waals surface area contributed by atoms with Crippen LogP contribution in [0, 0.1) is 0 Å². The molecule has 0 atom stereocenters. The Morgan fingerprint density at radius 2 is 1.87 bits per heavy atom. The van der Waals surface area contributed by atoms with E-state index < -0.39 is 0 Å². The third-order valence-corrected chi connectivity index (χ3v) is 2.32. The second kappa shape index (κ2) is 3.59. The lowest BCUT2D eigenvalue weighted by molar-refractivity contribution is 0.0956. The van der Waals surface area contributed by atoms with Crippen molar-refractivity contribution in [2.45, 2.75) is 0 Å². The summed E-state index contributed by atoms with van der Waals surface area (Å²) in [6.07, 6.45) is 0.